The van der Waals surface area contributed by atoms with Crippen molar-refractivity contribution in [2.45, 2.75) is 38.8 Å². The molecule has 1 aliphatic rings. The zero-order valence-electron chi connectivity index (χ0n) is 17.5. The Kier molecular flexibility index (Phi) is 4.90. The number of carbonyl (C=O) groups excluding carboxylic acids is 1. The largest absolute Gasteiger partial charge is 0.494 e. The second kappa shape index (κ2) is 7.39. The first-order valence-electron chi connectivity index (χ1n) is 9.82. The summed E-state index contributed by atoms with van der Waals surface area (Å²) in [5, 5.41) is 0. The minimum Gasteiger partial charge on any atom is -0.494 e. The van der Waals surface area contributed by atoms with E-state index in [1.807, 2.05) is 17.8 Å². The molecule has 4 rings (SSSR count). The maximum atomic E-state index is 12.0. The van der Waals surface area contributed by atoms with E-state index in [1.165, 1.54) is 20.0 Å². The Morgan fingerprint density at radius 2 is 1.86 bits per heavy atom. The summed E-state index contributed by atoms with van der Waals surface area (Å²) in [4.78, 5) is 23.8. The first kappa shape index (κ1) is 19.2. The van der Waals surface area contributed by atoms with Gasteiger partial charge in [-0.25, -0.2) is 14.8 Å². The van der Waals surface area contributed by atoms with E-state index in [2.05, 4.69) is 30.9 Å². The first-order chi connectivity index (χ1) is 13.9. The van der Waals surface area contributed by atoms with E-state index in [1.54, 1.807) is 19.2 Å². The summed E-state index contributed by atoms with van der Waals surface area (Å²) in [6.45, 7) is 4.49. The lowest BCUT2D eigenvalue weighted by atomic mass is 10.2. The van der Waals surface area contributed by atoms with Crippen LogP contribution in [0.15, 0.2) is 30.5 Å². The number of esters is 1. The van der Waals surface area contributed by atoms with Gasteiger partial charge in [-0.1, -0.05) is 0 Å². The highest BCUT2D eigenvalue weighted by Gasteiger charge is 2.28. The van der Waals surface area contributed by atoms with Crippen molar-refractivity contribution >= 4 is 22.8 Å². The van der Waals surface area contributed by atoms with Gasteiger partial charge in [-0.15, -0.1) is 0 Å². The van der Waals surface area contributed by atoms with Crippen LogP contribution in [0, 0.1) is 0 Å². The molecule has 2 aromatic heterocycles. The minimum atomic E-state index is -0.419. The van der Waals surface area contributed by atoms with Crippen LogP contribution >= 0.6 is 0 Å². The Hall–Kier alpha value is -3.09. The van der Waals surface area contributed by atoms with Crippen molar-refractivity contribution in [3.05, 3.63) is 36.0 Å². The van der Waals surface area contributed by atoms with E-state index in [4.69, 9.17) is 19.4 Å². The smallest absolute Gasteiger partial charge is 0.338 e. The average Bonchev–Trinajstić information content (AvgIpc) is 3.25. The summed E-state index contributed by atoms with van der Waals surface area (Å²) in [6, 6.07) is 8.51. The summed E-state index contributed by atoms with van der Waals surface area (Å²) in [7, 11) is 4.87. The molecule has 0 aliphatic carbocycles. The Bertz CT molecular complexity index is 1050. The Balaban J connectivity index is 1.76. The molecule has 1 aliphatic heterocycles. The number of benzene rings is 1. The van der Waals surface area contributed by atoms with Crippen molar-refractivity contribution in [2.24, 2.45) is 7.05 Å². The third-order valence-corrected chi connectivity index (χ3v) is 5.80. The third-order valence-electron chi connectivity index (χ3n) is 5.80. The number of hydrogen-bond donors (Lipinski definition) is 0. The highest BCUT2D eigenvalue weighted by Crippen LogP contribution is 2.33. The summed E-state index contributed by atoms with van der Waals surface area (Å²) < 4.78 is 12.3. The monoisotopic (exact) mass is 394 g/mol. The molecule has 0 bridgehead atoms. The number of pyridine rings is 1. The number of ether oxygens (including phenoxy) is 2. The van der Waals surface area contributed by atoms with Gasteiger partial charge in [0, 0.05) is 30.9 Å². The lowest BCUT2D eigenvalue weighted by Crippen LogP contribution is -2.33. The molecule has 1 saturated heterocycles. The van der Waals surface area contributed by atoms with Crippen LogP contribution < -0.4 is 9.64 Å². The highest BCUT2D eigenvalue weighted by molar-refractivity contribution is 5.97. The van der Waals surface area contributed by atoms with E-state index in [9.17, 15) is 4.79 Å². The molecular weight excluding hydrogens is 368 g/mol. The number of aryl methyl sites for hydroxylation is 1. The van der Waals surface area contributed by atoms with E-state index in [0.29, 0.717) is 28.9 Å². The number of carbonyl (C=O) groups is 1. The first-order valence-corrected chi connectivity index (χ1v) is 9.82. The maximum absolute atomic E-state index is 12.0. The molecule has 0 saturated carbocycles. The third kappa shape index (κ3) is 3.20. The molecule has 7 heteroatoms. The van der Waals surface area contributed by atoms with Gasteiger partial charge < -0.3 is 18.9 Å². The summed E-state index contributed by atoms with van der Waals surface area (Å²) >= 11 is 0. The zero-order chi connectivity index (χ0) is 20.7. The van der Waals surface area contributed by atoms with Gasteiger partial charge in [-0.05, 0) is 51.0 Å². The Morgan fingerprint density at radius 3 is 2.45 bits per heavy atom. The van der Waals surface area contributed by atoms with Gasteiger partial charge >= 0.3 is 5.97 Å². The number of aromatic nitrogens is 3. The number of hydrogen-bond acceptors (Lipinski definition) is 6. The van der Waals surface area contributed by atoms with Crippen molar-refractivity contribution in [3.8, 4) is 17.1 Å². The van der Waals surface area contributed by atoms with Gasteiger partial charge in [0.1, 0.15) is 22.9 Å². The second-order valence-corrected chi connectivity index (χ2v) is 7.62. The van der Waals surface area contributed by atoms with Crippen molar-refractivity contribution < 1.29 is 14.3 Å². The molecule has 0 radical (unpaired) electrons. The van der Waals surface area contributed by atoms with Crippen LogP contribution in [-0.2, 0) is 11.8 Å². The molecule has 0 amide bonds. The fraction of sp³-hybridized carbons (Fsp3) is 0.409. The fourth-order valence-electron chi connectivity index (χ4n) is 4.28. The van der Waals surface area contributed by atoms with Gasteiger partial charge in [0.05, 0.1) is 25.3 Å². The Labute approximate surface area is 170 Å². The second-order valence-electron chi connectivity index (χ2n) is 7.62. The SMILES string of the molecule is COC(=O)c1cc(OC)c2c(c1)nc(-c1ccc(N3[C@@H](C)CC[C@@H]3C)nc1)n2C. The van der Waals surface area contributed by atoms with Gasteiger partial charge in [0.2, 0.25) is 0 Å². The Morgan fingerprint density at radius 1 is 1.14 bits per heavy atom. The van der Waals surface area contributed by atoms with Gasteiger partial charge in [-0.2, -0.15) is 0 Å². The zero-order valence-corrected chi connectivity index (χ0v) is 17.5. The van der Waals surface area contributed by atoms with Crippen molar-refractivity contribution in [1.29, 1.82) is 0 Å². The van der Waals surface area contributed by atoms with E-state index in [-0.39, 0.29) is 0 Å². The van der Waals surface area contributed by atoms with Crippen molar-refractivity contribution in [1.82, 2.24) is 14.5 Å². The maximum Gasteiger partial charge on any atom is 0.338 e. The predicted molar refractivity (Wildman–Crippen MR) is 112 cm³/mol. The molecule has 1 fully saturated rings. The number of rotatable bonds is 4. The lowest BCUT2D eigenvalue weighted by Gasteiger charge is -2.27. The number of nitrogens with zero attached hydrogens (tertiary/aromatic N) is 4. The highest BCUT2D eigenvalue weighted by atomic mass is 16.5. The number of anilines is 1. The van der Waals surface area contributed by atoms with Crippen LogP contribution in [0.25, 0.3) is 22.4 Å². The molecule has 2 atom stereocenters. The van der Waals surface area contributed by atoms with Crippen LogP contribution in [0.4, 0.5) is 5.82 Å². The van der Waals surface area contributed by atoms with Crippen LogP contribution in [0.2, 0.25) is 0 Å². The van der Waals surface area contributed by atoms with Gasteiger partial charge in [0.25, 0.3) is 0 Å². The number of methoxy groups -OCH3 is 2. The van der Waals surface area contributed by atoms with E-state index >= 15 is 0 Å². The molecular formula is C22H26N4O3. The molecule has 0 N–H and O–H groups in total. The summed E-state index contributed by atoms with van der Waals surface area (Å²) in [5.74, 6) is 1.92. The van der Waals surface area contributed by atoms with Crippen LogP contribution in [-0.4, -0.2) is 46.8 Å². The van der Waals surface area contributed by atoms with Gasteiger partial charge in [0.15, 0.2) is 0 Å². The van der Waals surface area contributed by atoms with Crippen LogP contribution in [0.3, 0.4) is 0 Å². The molecule has 29 heavy (non-hydrogen) atoms. The summed E-state index contributed by atoms with van der Waals surface area (Å²) in [6.07, 6.45) is 4.25. The quantitative estimate of drug-likeness (QED) is 0.627. The molecule has 0 unspecified atom stereocenters. The topological polar surface area (TPSA) is 69.5 Å². The molecule has 7 nitrogen and oxygen atoms in total. The van der Waals surface area contributed by atoms with Crippen molar-refractivity contribution in [2.75, 3.05) is 19.1 Å². The van der Waals surface area contributed by atoms with Crippen LogP contribution in [0.1, 0.15) is 37.0 Å². The molecule has 1 aromatic carbocycles. The minimum absolute atomic E-state index is 0.409. The molecule has 152 valence electrons. The normalized spacial score (nSPS) is 19.0. The molecule has 3 heterocycles. The standard InChI is InChI=1S/C22H26N4O3/c1-13-6-7-14(2)26(13)19-9-8-15(12-23-19)21-24-17-10-16(22(27)29-5)11-18(28-4)20(17)25(21)3/h8-14H,6-7H2,1-5H3/t13-,14-/m0/s1. The predicted octanol–water partition coefficient (Wildman–Crippen LogP) is 3.81. The average molecular weight is 394 g/mol. The van der Waals surface area contributed by atoms with E-state index in [0.717, 1.165) is 22.7 Å². The van der Waals surface area contributed by atoms with Crippen molar-refractivity contribution in [3.63, 3.8) is 0 Å². The fourth-order valence-corrected chi connectivity index (χ4v) is 4.28. The number of fused-ring (bicyclic) bond motifs is 1. The van der Waals surface area contributed by atoms with Gasteiger partial charge in [-0.3, -0.25) is 0 Å². The molecule has 3 aromatic rings. The van der Waals surface area contributed by atoms with E-state index < -0.39 is 5.97 Å². The lowest BCUT2D eigenvalue weighted by molar-refractivity contribution is 0.0600. The molecule has 0 spiro atoms. The van der Waals surface area contributed by atoms with Crippen LogP contribution in [0.5, 0.6) is 5.75 Å². The summed E-state index contributed by atoms with van der Waals surface area (Å²) in [5.41, 5.74) is 2.81. The number of imidazole rings is 1.